The van der Waals surface area contributed by atoms with Crippen LogP contribution in [0.4, 0.5) is 5.13 Å². The van der Waals surface area contributed by atoms with Crippen LogP contribution >= 0.6 is 23.6 Å². The maximum absolute atomic E-state index is 5.06. The van der Waals surface area contributed by atoms with Gasteiger partial charge in [-0.15, -0.1) is 5.10 Å². The zero-order valence-electron chi connectivity index (χ0n) is 8.49. The molecule has 78 valence electrons. The Morgan fingerprint density at radius 2 is 2.43 bits per heavy atom. The zero-order chi connectivity index (χ0) is 10.1. The lowest BCUT2D eigenvalue weighted by Crippen LogP contribution is -2.33. The highest BCUT2D eigenvalue weighted by Crippen LogP contribution is 2.32. The lowest BCUT2D eigenvalue weighted by molar-refractivity contribution is 0.624. The van der Waals surface area contributed by atoms with Crippen LogP contribution < -0.4 is 4.90 Å². The summed E-state index contributed by atoms with van der Waals surface area (Å²) in [6.07, 6.45) is 3.74. The van der Waals surface area contributed by atoms with E-state index in [2.05, 4.69) is 28.9 Å². The van der Waals surface area contributed by atoms with Gasteiger partial charge in [0, 0.05) is 12.1 Å². The van der Waals surface area contributed by atoms with Crippen LogP contribution in [0.3, 0.4) is 0 Å². The Morgan fingerprint density at radius 1 is 1.64 bits per heavy atom. The topological polar surface area (TPSA) is 31.9 Å². The molecule has 1 aliphatic rings. The van der Waals surface area contributed by atoms with Crippen molar-refractivity contribution in [3.8, 4) is 0 Å². The molecular weight excluding hydrogens is 214 g/mol. The quantitative estimate of drug-likeness (QED) is 0.791. The van der Waals surface area contributed by atoms with Gasteiger partial charge in [-0.05, 0) is 38.4 Å². The first-order valence-electron chi connectivity index (χ1n) is 5.06. The Hall–Kier alpha value is -0.420. The van der Waals surface area contributed by atoms with Crippen LogP contribution in [0.15, 0.2) is 0 Å². The van der Waals surface area contributed by atoms with Crippen molar-refractivity contribution in [3.05, 3.63) is 3.95 Å². The number of nitrogens with one attached hydrogen (secondary N) is 1. The summed E-state index contributed by atoms with van der Waals surface area (Å²) in [4.78, 5) is 2.41. The first kappa shape index (κ1) is 10.1. The third-order valence-corrected chi connectivity index (χ3v) is 4.01. The van der Waals surface area contributed by atoms with Gasteiger partial charge in [0.05, 0.1) is 0 Å². The molecule has 14 heavy (non-hydrogen) atoms. The maximum atomic E-state index is 5.06. The van der Waals surface area contributed by atoms with E-state index < -0.39 is 0 Å². The summed E-state index contributed by atoms with van der Waals surface area (Å²) in [5, 5.41) is 8.18. The zero-order valence-corrected chi connectivity index (χ0v) is 10.1. The van der Waals surface area contributed by atoms with Gasteiger partial charge in [0.15, 0.2) is 3.95 Å². The molecule has 1 saturated heterocycles. The Kier molecular flexibility index (Phi) is 2.88. The molecule has 1 aromatic rings. The van der Waals surface area contributed by atoms with E-state index >= 15 is 0 Å². The number of nitrogens with zero attached hydrogens (tertiary/aromatic N) is 2. The van der Waals surface area contributed by atoms with E-state index in [4.69, 9.17) is 12.2 Å². The first-order chi connectivity index (χ1) is 6.72. The second kappa shape index (κ2) is 3.98. The third kappa shape index (κ3) is 1.70. The summed E-state index contributed by atoms with van der Waals surface area (Å²) in [6, 6.07) is 1.26. The van der Waals surface area contributed by atoms with E-state index in [1.165, 1.54) is 19.3 Å². The highest BCUT2D eigenvalue weighted by Gasteiger charge is 2.31. The molecule has 1 fully saturated rings. The smallest absolute Gasteiger partial charge is 0.207 e. The van der Waals surface area contributed by atoms with Crippen molar-refractivity contribution in [1.29, 1.82) is 0 Å². The lowest BCUT2D eigenvalue weighted by atomic mass is 10.2. The van der Waals surface area contributed by atoms with Gasteiger partial charge >= 0.3 is 0 Å². The number of hydrogen-bond acceptors (Lipinski definition) is 4. The molecule has 0 aromatic carbocycles. The molecule has 5 heteroatoms. The number of aromatic nitrogens is 2. The van der Waals surface area contributed by atoms with E-state index in [-0.39, 0.29) is 0 Å². The molecule has 0 bridgehead atoms. The highest BCUT2D eigenvalue weighted by molar-refractivity contribution is 7.73. The Bertz CT molecular complexity index is 357. The molecule has 2 rings (SSSR count). The Morgan fingerprint density at radius 3 is 3.00 bits per heavy atom. The van der Waals surface area contributed by atoms with Gasteiger partial charge in [-0.1, -0.05) is 18.3 Å². The van der Waals surface area contributed by atoms with Gasteiger partial charge in [0.1, 0.15) is 0 Å². The minimum absolute atomic E-state index is 0.605. The van der Waals surface area contributed by atoms with Crippen LogP contribution in [-0.2, 0) is 0 Å². The lowest BCUT2D eigenvalue weighted by Gasteiger charge is -2.26. The molecule has 0 spiro atoms. The van der Waals surface area contributed by atoms with Crippen molar-refractivity contribution in [2.45, 2.75) is 45.2 Å². The van der Waals surface area contributed by atoms with Gasteiger partial charge in [-0.2, -0.15) is 0 Å². The average Bonchev–Trinajstić information content (AvgIpc) is 2.71. The van der Waals surface area contributed by atoms with E-state index in [0.29, 0.717) is 12.1 Å². The first-order valence-corrected chi connectivity index (χ1v) is 6.28. The fourth-order valence-electron chi connectivity index (χ4n) is 2.15. The number of H-pyrrole nitrogens is 1. The molecule has 3 nitrogen and oxygen atoms in total. The second-order valence-corrected chi connectivity index (χ2v) is 5.44. The van der Waals surface area contributed by atoms with Gasteiger partial charge in [-0.25, -0.2) is 0 Å². The van der Waals surface area contributed by atoms with Crippen LogP contribution in [0.1, 0.15) is 33.1 Å². The van der Waals surface area contributed by atoms with Crippen molar-refractivity contribution >= 4 is 28.7 Å². The molecule has 0 radical (unpaired) electrons. The summed E-state index contributed by atoms with van der Waals surface area (Å²) in [5.41, 5.74) is 0. The predicted octanol–water partition coefficient (Wildman–Crippen LogP) is 2.97. The summed E-state index contributed by atoms with van der Waals surface area (Å²) in [7, 11) is 0. The summed E-state index contributed by atoms with van der Waals surface area (Å²) >= 11 is 6.64. The van der Waals surface area contributed by atoms with Crippen molar-refractivity contribution in [2.75, 3.05) is 4.90 Å². The summed E-state index contributed by atoms with van der Waals surface area (Å²) in [5.74, 6) is 0. The SMILES string of the molecule is CCC1CCC(C)N1c1n[nH]c(=S)s1. The fourth-order valence-corrected chi connectivity index (χ4v) is 3.20. The minimum Gasteiger partial charge on any atom is -0.341 e. The third-order valence-electron chi connectivity index (χ3n) is 2.90. The van der Waals surface area contributed by atoms with Crippen LogP contribution in [-0.4, -0.2) is 22.3 Å². The highest BCUT2D eigenvalue weighted by atomic mass is 32.1. The van der Waals surface area contributed by atoms with Crippen LogP contribution in [0, 0.1) is 3.95 Å². The fraction of sp³-hybridized carbons (Fsp3) is 0.778. The normalized spacial score (nSPS) is 27.1. The van der Waals surface area contributed by atoms with E-state index in [9.17, 15) is 0 Å². The van der Waals surface area contributed by atoms with Gasteiger partial charge < -0.3 is 4.90 Å². The molecule has 0 saturated carbocycles. The van der Waals surface area contributed by atoms with Gasteiger partial charge in [0.2, 0.25) is 5.13 Å². The van der Waals surface area contributed by atoms with Gasteiger partial charge in [0.25, 0.3) is 0 Å². The maximum Gasteiger partial charge on any atom is 0.207 e. The van der Waals surface area contributed by atoms with Crippen molar-refractivity contribution < 1.29 is 0 Å². The molecule has 0 aliphatic carbocycles. The monoisotopic (exact) mass is 229 g/mol. The van der Waals surface area contributed by atoms with E-state index in [0.717, 1.165) is 9.09 Å². The van der Waals surface area contributed by atoms with Gasteiger partial charge in [-0.3, -0.25) is 5.10 Å². The standard InChI is InChI=1S/C9H15N3S2/c1-3-7-5-4-6(2)12(7)8-10-11-9(13)14-8/h6-7H,3-5H2,1-2H3,(H,11,13). The molecule has 1 aromatic heterocycles. The average molecular weight is 229 g/mol. The predicted molar refractivity (Wildman–Crippen MR) is 62.6 cm³/mol. The Labute approximate surface area is 93.1 Å². The van der Waals surface area contributed by atoms with Crippen molar-refractivity contribution in [1.82, 2.24) is 10.2 Å². The molecule has 1 aliphatic heterocycles. The molecule has 2 unspecified atom stereocenters. The minimum atomic E-state index is 0.605. The number of aromatic amines is 1. The summed E-state index contributed by atoms with van der Waals surface area (Å²) < 4.78 is 0.772. The van der Waals surface area contributed by atoms with E-state index in [1.807, 2.05) is 0 Å². The molecular formula is C9H15N3S2. The largest absolute Gasteiger partial charge is 0.341 e. The van der Waals surface area contributed by atoms with Crippen LogP contribution in [0.5, 0.6) is 0 Å². The molecule has 1 N–H and O–H groups in total. The van der Waals surface area contributed by atoms with Crippen LogP contribution in [0.25, 0.3) is 0 Å². The second-order valence-electron chi connectivity index (χ2n) is 3.79. The van der Waals surface area contributed by atoms with Crippen molar-refractivity contribution in [2.24, 2.45) is 0 Å². The molecule has 0 amide bonds. The Balaban J connectivity index is 2.27. The number of hydrogen-bond donors (Lipinski definition) is 1. The van der Waals surface area contributed by atoms with Crippen LogP contribution in [0.2, 0.25) is 0 Å². The summed E-state index contributed by atoms with van der Waals surface area (Å²) in [6.45, 7) is 4.50. The molecule has 2 heterocycles. The molecule has 2 atom stereocenters. The number of rotatable bonds is 2. The van der Waals surface area contributed by atoms with E-state index in [1.54, 1.807) is 11.3 Å². The van der Waals surface area contributed by atoms with Crippen molar-refractivity contribution in [3.63, 3.8) is 0 Å². The number of anilines is 1.